The number of amides is 1. The van der Waals surface area contributed by atoms with Crippen LogP contribution in [0.15, 0.2) is 23.1 Å². The Morgan fingerprint density at radius 1 is 1.44 bits per heavy atom. The van der Waals surface area contributed by atoms with Crippen LogP contribution >= 0.6 is 0 Å². The first-order valence-corrected chi connectivity index (χ1v) is 9.88. The van der Waals surface area contributed by atoms with Crippen molar-refractivity contribution in [2.45, 2.75) is 31.2 Å². The Hall–Kier alpha value is -1.48. The number of likely N-dealkylation sites (tertiary alicyclic amines) is 1. The van der Waals surface area contributed by atoms with Gasteiger partial charge in [0.1, 0.15) is 0 Å². The zero-order valence-corrected chi connectivity index (χ0v) is 15.8. The number of nitrogens with one attached hydrogen (secondary N) is 1. The average molecular weight is 369 g/mol. The number of ether oxygens (including phenoxy) is 1. The quantitative estimate of drug-likeness (QED) is 0.690. The highest BCUT2D eigenvalue weighted by Gasteiger charge is 2.33. The maximum atomic E-state index is 12.9. The molecule has 1 heterocycles. The number of rotatable bonds is 7. The average Bonchev–Trinajstić information content (AvgIpc) is 2.95. The van der Waals surface area contributed by atoms with Crippen LogP contribution in [0, 0.1) is 12.8 Å². The van der Waals surface area contributed by atoms with E-state index in [0.717, 1.165) is 12.0 Å². The number of hydrogen-bond acceptors (Lipinski definition) is 5. The van der Waals surface area contributed by atoms with Gasteiger partial charge in [0.15, 0.2) is 0 Å². The maximum absolute atomic E-state index is 12.9. The fourth-order valence-electron chi connectivity index (χ4n) is 3.11. The Morgan fingerprint density at radius 2 is 2.16 bits per heavy atom. The lowest BCUT2D eigenvalue weighted by Gasteiger charge is -2.23. The molecule has 140 valence electrons. The molecule has 2 atom stereocenters. The van der Waals surface area contributed by atoms with Crippen molar-refractivity contribution in [2.75, 3.05) is 33.4 Å². The number of aryl methyl sites for hydroxylation is 1. The number of methoxy groups -OCH3 is 1. The third-order valence-electron chi connectivity index (χ3n) is 4.60. The summed E-state index contributed by atoms with van der Waals surface area (Å²) in [7, 11) is -2.18. The third-order valence-corrected chi connectivity index (χ3v) is 6.06. The Balaban J connectivity index is 2.25. The molecule has 1 saturated heterocycles. The molecule has 1 aliphatic heterocycles. The minimum absolute atomic E-state index is 0.0831. The molecule has 25 heavy (non-hydrogen) atoms. The minimum Gasteiger partial charge on any atom is -0.383 e. The molecule has 0 bridgehead atoms. The van der Waals surface area contributed by atoms with Gasteiger partial charge in [-0.2, -0.15) is 0 Å². The van der Waals surface area contributed by atoms with Crippen LogP contribution in [0.5, 0.6) is 0 Å². The molecule has 1 aromatic rings. The zero-order chi connectivity index (χ0) is 18.6. The van der Waals surface area contributed by atoms with Crippen molar-refractivity contribution in [2.24, 2.45) is 11.7 Å². The predicted octanol–water partition coefficient (Wildman–Crippen LogP) is 0.729. The number of nitrogens with two attached hydrogens (primary N) is 1. The van der Waals surface area contributed by atoms with Crippen molar-refractivity contribution in [3.8, 4) is 0 Å². The van der Waals surface area contributed by atoms with E-state index in [2.05, 4.69) is 4.72 Å². The zero-order valence-electron chi connectivity index (χ0n) is 15.0. The molecule has 8 heteroatoms. The molecule has 1 aromatic carbocycles. The van der Waals surface area contributed by atoms with Gasteiger partial charge in [0, 0.05) is 31.8 Å². The number of carbonyl (C=O) groups is 1. The Kier molecular flexibility index (Phi) is 6.56. The van der Waals surface area contributed by atoms with Crippen LogP contribution < -0.4 is 10.5 Å². The van der Waals surface area contributed by atoms with Crippen molar-refractivity contribution in [3.05, 3.63) is 29.3 Å². The summed E-state index contributed by atoms with van der Waals surface area (Å²) in [4.78, 5) is 14.8. The number of nitrogens with zero attached hydrogens (tertiary/aromatic N) is 1. The minimum atomic E-state index is -3.68. The molecule has 2 unspecified atom stereocenters. The van der Waals surface area contributed by atoms with E-state index in [9.17, 15) is 13.2 Å². The van der Waals surface area contributed by atoms with Crippen LogP contribution in [-0.4, -0.2) is 58.6 Å². The summed E-state index contributed by atoms with van der Waals surface area (Å²) >= 11 is 0. The van der Waals surface area contributed by atoms with E-state index in [1.165, 1.54) is 19.2 Å². The van der Waals surface area contributed by atoms with Crippen LogP contribution in [0.3, 0.4) is 0 Å². The fraction of sp³-hybridized carbons (Fsp3) is 0.588. The van der Waals surface area contributed by atoms with E-state index >= 15 is 0 Å². The molecule has 0 aromatic heterocycles. The van der Waals surface area contributed by atoms with Gasteiger partial charge in [-0.1, -0.05) is 6.07 Å². The largest absolute Gasteiger partial charge is 0.383 e. The summed E-state index contributed by atoms with van der Waals surface area (Å²) < 4.78 is 32.1. The highest BCUT2D eigenvalue weighted by Crippen LogP contribution is 2.26. The normalized spacial score (nSPS) is 20.9. The van der Waals surface area contributed by atoms with Crippen molar-refractivity contribution >= 4 is 15.9 Å². The Bertz CT molecular complexity index is 721. The molecular weight excluding hydrogens is 342 g/mol. The van der Waals surface area contributed by atoms with Gasteiger partial charge in [0.25, 0.3) is 5.91 Å². The van der Waals surface area contributed by atoms with Gasteiger partial charge < -0.3 is 15.4 Å². The van der Waals surface area contributed by atoms with Gasteiger partial charge >= 0.3 is 0 Å². The predicted molar refractivity (Wildman–Crippen MR) is 95.9 cm³/mol. The first kappa shape index (κ1) is 19.8. The van der Waals surface area contributed by atoms with Crippen molar-refractivity contribution in [3.63, 3.8) is 0 Å². The van der Waals surface area contributed by atoms with Crippen LogP contribution in [-0.2, 0) is 14.8 Å². The first-order valence-electron chi connectivity index (χ1n) is 8.40. The summed E-state index contributed by atoms with van der Waals surface area (Å²) in [5.74, 6) is 0.150. The van der Waals surface area contributed by atoms with E-state index < -0.39 is 10.0 Å². The molecule has 2 rings (SSSR count). The smallest absolute Gasteiger partial charge is 0.254 e. The molecule has 0 spiro atoms. The van der Waals surface area contributed by atoms with Gasteiger partial charge in [-0.15, -0.1) is 0 Å². The second-order valence-corrected chi connectivity index (χ2v) is 8.28. The highest BCUT2D eigenvalue weighted by molar-refractivity contribution is 7.89. The standard InChI is InChI=1S/C17H27N3O4S/c1-12-4-5-15(25(22,23)19-6-7-24-3)9-16(12)17(21)20-11-14(10-18)8-13(20)2/h4-5,9,13-14,19H,6-8,10-11,18H2,1-3H3. The molecule has 1 aliphatic rings. The number of hydrogen-bond donors (Lipinski definition) is 2. The van der Waals surface area contributed by atoms with Gasteiger partial charge in [-0.05, 0) is 50.4 Å². The molecular formula is C17H27N3O4S. The van der Waals surface area contributed by atoms with Crippen LogP contribution in [0.25, 0.3) is 0 Å². The summed E-state index contributed by atoms with van der Waals surface area (Å²) in [5.41, 5.74) is 6.90. The Labute approximate surface area is 149 Å². The topological polar surface area (TPSA) is 102 Å². The molecule has 0 aliphatic carbocycles. The second kappa shape index (κ2) is 8.27. The van der Waals surface area contributed by atoms with Crippen LogP contribution in [0.4, 0.5) is 0 Å². The van der Waals surface area contributed by atoms with E-state index in [0.29, 0.717) is 24.6 Å². The molecule has 0 saturated carbocycles. The first-order chi connectivity index (χ1) is 11.8. The number of benzene rings is 1. The van der Waals surface area contributed by atoms with Crippen LogP contribution in [0.2, 0.25) is 0 Å². The lowest BCUT2D eigenvalue weighted by molar-refractivity contribution is 0.0742. The second-order valence-electron chi connectivity index (χ2n) is 6.51. The van der Waals surface area contributed by atoms with Crippen molar-refractivity contribution in [1.29, 1.82) is 0 Å². The molecule has 1 fully saturated rings. The van der Waals surface area contributed by atoms with Gasteiger partial charge in [-0.25, -0.2) is 13.1 Å². The molecule has 1 amide bonds. The fourth-order valence-corrected chi connectivity index (χ4v) is 4.15. The number of carbonyl (C=O) groups excluding carboxylic acids is 1. The number of sulfonamides is 1. The maximum Gasteiger partial charge on any atom is 0.254 e. The molecule has 3 N–H and O–H groups in total. The molecule has 7 nitrogen and oxygen atoms in total. The summed E-state index contributed by atoms with van der Waals surface area (Å²) in [6.45, 7) is 5.42. The van der Waals surface area contributed by atoms with Gasteiger partial charge in [0.2, 0.25) is 10.0 Å². The SMILES string of the molecule is COCCNS(=O)(=O)c1ccc(C)c(C(=O)N2CC(CN)CC2C)c1. The summed E-state index contributed by atoms with van der Waals surface area (Å²) in [5, 5.41) is 0. The van der Waals surface area contributed by atoms with E-state index in [-0.39, 0.29) is 30.0 Å². The van der Waals surface area contributed by atoms with Crippen molar-refractivity contribution < 1.29 is 17.9 Å². The van der Waals surface area contributed by atoms with E-state index in [1.807, 2.05) is 13.8 Å². The van der Waals surface area contributed by atoms with Crippen molar-refractivity contribution in [1.82, 2.24) is 9.62 Å². The third kappa shape index (κ3) is 4.58. The monoisotopic (exact) mass is 369 g/mol. The Morgan fingerprint density at radius 3 is 2.76 bits per heavy atom. The highest BCUT2D eigenvalue weighted by atomic mass is 32.2. The van der Waals surface area contributed by atoms with Gasteiger partial charge in [-0.3, -0.25) is 4.79 Å². The summed E-state index contributed by atoms with van der Waals surface area (Å²) in [6, 6.07) is 4.73. The van der Waals surface area contributed by atoms with E-state index in [4.69, 9.17) is 10.5 Å². The van der Waals surface area contributed by atoms with E-state index in [1.54, 1.807) is 11.0 Å². The molecule has 0 radical (unpaired) electrons. The summed E-state index contributed by atoms with van der Waals surface area (Å²) in [6.07, 6.45) is 0.873. The van der Waals surface area contributed by atoms with Crippen LogP contribution in [0.1, 0.15) is 29.3 Å². The van der Waals surface area contributed by atoms with Gasteiger partial charge in [0.05, 0.1) is 11.5 Å². The lowest BCUT2D eigenvalue weighted by atomic mass is 10.1. The lowest BCUT2D eigenvalue weighted by Crippen LogP contribution is -2.35.